The summed E-state index contributed by atoms with van der Waals surface area (Å²) in [6, 6.07) is 5.12. The second kappa shape index (κ2) is 7.69. The minimum atomic E-state index is -0.395. The van der Waals surface area contributed by atoms with E-state index in [0.717, 1.165) is 5.56 Å². The number of Topliss-reactive ketones (excluding diaryl/α,β-unsaturated/α-hetero) is 1. The summed E-state index contributed by atoms with van der Waals surface area (Å²) in [5.74, 6) is -0.381. The number of benzene rings is 1. The van der Waals surface area contributed by atoms with Crippen molar-refractivity contribution in [3.8, 4) is 0 Å². The molecule has 0 aliphatic heterocycles. The van der Waals surface area contributed by atoms with Gasteiger partial charge in [-0.15, -0.1) is 0 Å². The van der Waals surface area contributed by atoms with Crippen molar-refractivity contribution in [3.63, 3.8) is 0 Å². The van der Waals surface area contributed by atoms with Gasteiger partial charge in [-0.25, -0.2) is 4.79 Å². The van der Waals surface area contributed by atoms with Crippen LogP contribution in [0.5, 0.6) is 0 Å². The fourth-order valence-corrected chi connectivity index (χ4v) is 2.18. The summed E-state index contributed by atoms with van der Waals surface area (Å²) in [5.41, 5.74) is 1.86. The fourth-order valence-electron chi connectivity index (χ4n) is 1.49. The van der Waals surface area contributed by atoms with Gasteiger partial charge < -0.3 is 4.74 Å². The number of esters is 1. The second-order valence-corrected chi connectivity index (χ2v) is 4.99. The molecule has 0 saturated heterocycles. The second-order valence-electron chi connectivity index (χ2n) is 3.63. The van der Waals surface area contributed by atoms with Gasteiger partial charge in [0, 0.05) is 22.6 Å². The largest absolute Gasteiger partial charge is 0.462 e. The Morgan fingerprint density at radius 3 is 2.39 bits per heavy atom. The predicted octanol–water partition coefficient (Wildman–Crippen LogP) is 3.73. The molecule has 0 aliphatic carbocycles. The molecule has 0 N–H and O–H groups in total. The zero-order valence-corrected chi connectivity index (χ0v) is 13.2. The summed E-state index contributed by atoms with van der Waals surface area (Å²) in [6.45, 7) is 2.07. The minimum Gasteiger partial charge on any atom is -0.462 e. The standard InChI is InChI=1S/C13H14Br2O3/c1-2-18-13(17)11-6-9(8-15)5-10(7-11)12(16)3-4-14/h5-7H,2-4,8H2,1H3. The van der Waals surface area contributed by atoms with Gasteiger partial charge in [0.05, 0.1) is 12.2 Å². The third-order valence-corrected chi connectivity index (χ3v) is 3.35. The lowest BCUT2D eigenvalue weighted by atomic mass is 10.0. The van der Waals surface area contributed by atoms with E-state index in [9.17, 15) is 9.59 Å². The van der Waals surface area contributed by atoms with Crippen LogP contribution in [0.2, 0.25) is 0 Å². The van der Waals surface area contributed by atoms with Gasteiger partial charge in [0.25, 0.3) is 0 Å². The van der Waals surface area contributed by atoms with E-state index in [0.29, 0.717) is 34.8 Å². The molecular formula is C13H14Br2O3. The monoisotopic (exact) mass is 376 g/mol. The van der Waals surface area contributed by atoms with Crippen LogP contribution in [0.25, 0.3) is 0 Å². The molecule has 0 aromatic heterocycles. The smallest absolute Gasteiger partial charge is 0.338 e. The molecule has 0 heterocycles. The molecular weight excluding hydrogens is 364 g/mol. The van der Waals surface area contributed by atoms with E-state index < -0.39 is 5.97 Å². The van der Waals surface area contributed by atoms with Crippen molar-refractivity contribution >= 4 is 43.6 Å². The number of hydrogen-bond acceptors (Lipinski definition) is 3. The lowest BCUT2D eigenvalue weighted by Crippen LogP contribution is -2.08. The number of alkyl halides is 2. The van der Waals surface area contributed by atoms with Gasteiger partial charge >= 0.3 is 5.97 Å². The highest BCUT2D eigenvalue weighted by Gasteiger charge is 2.13. The molecule has 0 saturated carbocycles. The first-order valence-electron chi connectivity index (χ1n) is 5.58. The Hall–Kier alpha value is -0.680. The third-order valence-electron chi connectivity index (χ3n) is 2.30. The summed E-state index contributed by atoms with van der Waals surface area (Å²) in [6.07, 6.45) is 0.411. The average Bonchev–Trinajstić information content (AvgIpc) is 2.38. The van der Waals surface area contributed by atoms with Crippen LogP contribution >= 0.6 is 31.9 Å². The Bertz CT molecular complexity index is 408. The normalized spacial score (nSPS) is 10.2. The molecule has 1 rings (SSSR count). The van der Waals surface area contributed by atoms with Gasteiger partial charge in [-0.3, -0.25) is 4.79 Å². The molecule has 0 unspecified atom stereocenters. The lowest BCUT2D eigenvalue weighted by molar-refractivity contribution is 0.0526. The van der Waals surface area contributed by atoms with Crippen LogP contribution in [0.15, 0.2) is 18.2 Å². The summed E-state index contributed by atoms with van der Waals surface area (Å²) in [7, 11) is 0. The number of ketones is 1. The van der Waals surface area contributed by atoms with Crippen LogP contribution in [0.1, 0.15) is 39.6 Å². The highest BCUT2D eigenvalue weighted by atomic mass is 79.9. The number of halogens is 2. The first-order chi connectivity index (χ1) is 8.62. The van der Waals surface area contributed by atoms with Crippen molar-refractivity contribution in [2.75, 3.05) is 11.9 Å². The van der Waals surface area contributed by atoms with E-state index in [2.05, 4.69) is 31.9 Å². The number of hydrogen-bond donors (Lipinski definition) is 0. The summed E-state index contributed by atoms with van der Waals surface area (Å²) in [4.78, 5) is 23.5. The molecule has 0 radical (unpaired) electrons. The zero-order valence-electron chi connectivity index (χ0n) is 10.0. The Balaban J connectivity index is 3.08. The van der Waals surface area contributed by atoms with E-state index in [1.807, 2.05) is 0 Å². The molecule has 5 heteroatoms. The SMILES string of the molecule is CCOC(=O)c1cc(CBr)cc(C(=O)CCBr)c1. The van der Waals surface area contributed by atoms with Gasteiger partial charge in [-0.1, -0.05) is 31.9 Å². The maximum Gasteiger partial charge on any atom is 0.338 e. The first-order valence-corrected chi connectivity index (χ1v) is 7.82. The Morgan fingerprint density at radius 2 is 1.83 bits per heavy atom. The molecule has 0 spiro atoms. The van der Waals surface area contributed by atoms with Crippen molar-refractivity contribution in [2.24, 2.45) is 0 Å². The first kappa shape index (κ1) is 15.4. The van der Waals surface area contributed by atoms with E-state index in [1.165, 1.54) is 0 Å². The van der Waals surface area contributed by atoms with Crippen molar-refractivity contribution in [1.82, 2.24) is 0 Å². The van der Waals surface area contributed by atoms with Crippen molar-refractivity contribution in [3.05, 3.63) is 34.9 Å². The topological polar surface area (TPSA) is 43.4 Å². The summed E-state index contributed by atoms with van der Waals surface area (Å²) < 4.78 is 4.95. The molecule has 18 heavy (non-hydrogen) atoms. The van der Waals surface area contributed by atoms with Crippen LogP contribution in [0.3, 0.4) is 0 Å². The maximum atomic E-state index is 11.8. The van der Waals surface area contributed by atoms with Gasteiger partial charge in [0.15, 0.2) is 5.78 Å². The molecule has 0 aliphatic rings. The highest BCUT2D eigenvalue weighted by molar-refractivity contribution is 9.09. The molecule has 0 fully saturated rings. The van der Waals surface area contributed by atoms with Crippen LogP contribution in [-0.2, 0) is 10.1 Å². The van der Waals surface area contributed by atoms with E-state index in [4.69, 9.17) is 4.74 Å². The molecule has 1 aromatic rings. The van der Waals surface area contributed by atoms with Crippen LogP contribution in [-0.4, -0.2) is 23.7 Å². The minimum absolute atomic E-state index is 0.0141. The molecule has 0 bridgehead atoms. The molecule has 1 aromatic carbocycles. The molecule has 0 atom stereocenters. The quantitative estimate of drug-likeness (QED) is 0.431. The molecule has 0 amide bonds. The Morgan fingerprint density at radius 1 is 1.17 bits per heavy atom. The molecule has 98 valence electrons. The van der Waals surface area contributed by atoms with Gasteiger partial charge in [-0.05, 0) is 30.7 Å². The Kier molecular flexibility index (Phi) is 6.57. The van der Waals surface area contributed by atoms with Crippen LogP contribution in [0, 0.1) is 0 Å². The van der Waals surface area contributed by atoms with Crippen LogP contribution in [0.4, 0.5) is 0 Å². The average molecular weight is 378 g/mol. The van der Waals surface area contributed by atoms with Crippen molar-refractivity contribution in [1.29, 1.82) is 0 Å². The van der Waals surface area contributed by atoms with E-state index >= 15 is 0 Å². The van der Waals surface area contributed by atoms with Gasteiger partial charge in [0.1, 0.15) is 0 Å². The summed E-state index contributed by atoms with van der Waals surface area (Å²) >= 11 is 6.56. The number of rotatable bonds is 6. The number of ether oxygens (including phenoxy) is 1. The van der Waals surface area contributed by atoms with Crippen molar-refractivity contribution in [2.45, 2.75) is 18.7 Å². The van der Waals surface area contributed by atoms with E-state index in [1.54, 1.807) is 25.1 Å². The number of carbonyl (C=O) groups is 2. The van der Waals surface area contributed by atoms with Gasteiger partial charge in [-0.2, -0.15) is 0 Å². The van der Waals surface area contributed by atoms with E-state index in [-0.39, 0.29) is 5.78 Å². The summed E-state index contributed by atoms with van der Waals surface area (Å²) in [5, 5.41) is 1.20. The van der Waals surface area contributed by atoms with Crippen molar-refractivity contribution < 1.29 is 14.3 Å². The maximum absolute atomic E-state index is 11.8. The number of carbonyl (C=O) groups excluding carboxylic acids is 2. The fraction of sp³-hybridized carbons (Fsp3) is 0.385. The highest BCUT2D eigenvalue weighted by Crippen LogP contribution is 2.16. The lowest BCUT2D eigenvalue weighted by Gasteiger charge is -2.07. The predicted molar refractivity (Wildman–Crippen MR) is 77.8 cm³/mol. The zero-order chi connectivity index (χ0) is 13.5. The van der Waals surface area contributed by atoms with Gasteiger partial charge in [0.2, 0.25) is 0 Å². The molecule has 3 nitrogen and oxygen atoms in total. The van der Waals surface area contributed by atoms with Crippen LogP contribution < -0.4 is 0 Å². The Labute approximate surface area is 123 Å². The third kappa shape index (κ3) is 4.21.